The van der Waals surface area contributed by atoms with Gasteiger partial charge in [-0.05, 0) is 24.6 Å². The van der Waals surface area contributed by atoms with Crippen molar-refractivity contribution in [3.8, 4) is 5.69 Å². The minimum absolute atomic E-state index is 0.0393. The minimum atomic E-state index is -0.634. The van der Waals surface area contributed by atoms with Gasteiger partial charge in [0.2, 0.25) is 0 Å². The number of para-hydroxylation sites is 1. The zero-order chi connectivity index (χ0) is 19.5. The summed E-state index contributed by atoms with van der Waals surface area (Å²) in [4.78, 5) is 29.1. The number of ether oxygens (including phenoxy) is 1. The fourth-order valence-electron chi connectivity index (χ4n) is 2.84. The molecule has 0 N–H and O–H groups in total. The molecule has 0 bridgehead atoms. The van der Waals surface area contributed by atoms with E-state index in [0.29, 0.717) is 12.1 Å². The molecule has 0 unspecified atom stereocenters. The number of carbonyl (C=O) groups is 1. The van der Waals surface area contributed by atoms with Gasteiger partial charge in [0.25, 0.3) is 17.2 Å². The van der Waals surface area contributed by atoms with E-state index < -0.39 is 11.5 Å². The second kappa shape index (κ2) is 7.43. The van der Waals surface area contributed by atoms with Crippen molar-refractivity contribution < 1.29 is 9.53 Å². The van der Waals surface area contributed by atoms with E-state index in [9.17, 15) is 9.59 Å². The van der Waals surface area contributed by atoms with Crippen LogP contribution in [0.25, 0.3) is 11.5 Å². The molecule has 0 radical (unpaired) electrons. The first-order valence-corrected chi connectivity index (χ1v) is 8.83. The second-order valence-electron chi connectivity index (χ2n) is 6.03. The lowest BCUT2D eigenvalue weighted by molar-refractivity contribution is 0.0508. The van der Waals surface area contributed by atoms with Crippen LogP contribution in [0.3, 0.4) is 0 Å². The highest BCUT2D eigenvalue weighted by Gasteiger charge is 2.22. The molecule has 0 atom stereocenters. The Hall–Kier alpha value is -3.81. The van der Waals surface area contributed by atoms with Gasteiger partial charge in [-0.1, -0.05) is 48.5 Å². The fraction of sp³-hybridized carbons (Fsp3) is 0.150. The van der Waals surface area contributed by atoms with Gasteiger partial charge >= 0.3 is 5.97 Å². The van der Waals surface area contributed by atoms with E-state index in [2.05, 4.69) is 15.2 Å². The van der Waals surface area contributed by atoms with Gasteiger partial charge in [0.1, 0.15) is 5.69 Å². The van der Waals surface area contributed by atoms with Crippen molar-refractivity contribution in [3.63, 3.8) is 0 Å². The topological polar surface area (TPSA) is 91.4 Å². The van der Waals surface area contributed by atoms with E-state index >= 15 is 0 Å². The van der Waals surface area contributed by atoms with Crippen molar-refractivity contribution in [2.45, 2.75) is 13.3 Å². The van der Waals surface area contributed by atoms with E-state index in [1.165, 1.54) is 9.20 Å². The molecule has 2 aromatic carbocycles. The zero-order valence-electron chi connectivity index (χ0n) is 15.1. The molecule has 0 aliphatic carbocycles. The van der Waals surface area contributed by atoms with Crippen LogP contribution in [0.5, 0.6) is 0 Å². The van der Waals surface area contributed by atoms with Crippen molar-refractivity contribution in [2.24, 2.45) is 0 Å². The van der Waals surface area contributed by atoms with Crippen LogP contribution in [0, 0.1) is 0 Å². The summed E-state index contributed by atoms with van der Waals surface area (Å²) in [5.74, 6) is -0.524. The molecule has 4 rings (SSSR count). The Bertz CT molecular complexity index is 1180. The summed E-state index contributed by atoms with van der Waals surface area (Å²) in [6.45, 7) is 1.91. The predicted octanol–water partition coefficient (Wildman–Crippen LogP) is 2.04. The van der Waals surface area contributed by atoms with Gasteiger partial charge in [0.15, 0.2) is 0 Å². The van der Waals surface area contributed by atoms with Crippen LogP contribution < -0.4 is 5.56 Å². The van der Waals surface area contributed by atoms with E-state index in [-0.39, 0.29) is 23.9 Å². The smallest absolute Gasteiger partial charge is 0.378 e. The summed E-state index contributed by atoms with van der Waals surface area (Å²) in [6.07, 6.45) is 0.300. The van der Waals surface area contributed by atoms with Crippen molar-refractivity contribution in [3.05, 3.63) is 88.1 Å². The average molecular weight is 375 g/mol. The molecule has 28 heavy (non-hydrogen) atoms. The summed E-state index contributed by atoms with van der Waals surface area (Å²) in [5.41, 5.74) is 1.33. The number of hydrogen-bond acceptors (Lipinski definition) is 6. The summed E-state index contributed by atoms with van der Waals surface area (Å²) >= 11 is 0. The molecule has 0 saturated carbocycles. The lowest BCUT2D eigenvalue weighted by atomic mass is 10.1. The standard InChI is InChI=1S/C20H17N5O3/c1-2-28-19(27)17-23-24(15-11-7-4-8-12-15)20-21-18(26)16(22-25(17)20)13-14-9-5-3-6-10-14/h3-12H,2,13H2,1H3. The summed E-state index contributed by atoms with van der Waals surface area (Å²) in [5, 5.41) is 8.69. The normalized spacial score (nSPS) is 10.9. The number of aromatic nitrogens is 5. The first-order valence-electron chi connectivity index (χ1n) is 8.83. The Kier molecular flexibility index (Phi) is 4.67. The highest BCUT2D eigenvalue weighted by molar-refractivity contribution is 5.86. The van der Waals surface area contributed by atoms with Crippen molar-refractivity contribution in [2.75, 3.05) is 6.61 Å². The highest BCUT2D eigenvalue weighted by Crippen LogP contribution is 2.13. The van der Waals surface area contributed by atoms with Crippen molar-refractivity contribution in [1.29, 1.82) is 0 Å². The number of fused-ring (bicyclic) bond motifs is 1. The number of hydrogen-bond donors (Lipinski definition) is 0. The molecule has 0 amide bonds. The zero-order valence-corrected chi connectivity index (χ0v) is 15.1. The minimum Gasteiger partial charge on any atom is -0.460 e. The molecule has 0 aliphatic rings. The van der Waals surface area contributed by atoms with Gasteiger partial charge in [0, 0.05) is 6.42 Å². The fourth-order valence-corrected chi connectivity index (χ4v) is 2.84. The van der Waals surface area contributed by atoms with E-state index in [1.54, 1.807) is 19.1 Å². The Morgan fingerprint density at radius 1 is 1.00 bits per heavy atom. The summed E-state index contributed by atoms with van der Waals surface area (Å²) < 4.78 is 7.77. The van der Waals surface area contributed by atoms with Crippen LogP contribution in [0.2, 0.25) is 0 Å². The SMILES string of the molecule is CCOC(=O)c1nn(-c2ccccc2)c2nc(=O)c(Cc3ccccc3)nn12. The van der Waals surface area contributed by atoms with Crippen LogP contribution in [0.1, 0.15) is 28.8 Å². The Morgan fingerprint density at radius 2 is 1.68 bits per heavy atom. The van der Waals surface area contributed by atoms with Gasteiger partial charge in [0.05, 0.1) is 12.3 Å². The Morgan fingerprint density at radius 3 is 2.36 bits per heavy atom. The maximum atomic E-state index is 12.6. The number of nitrogens with zero attached hydrogens (tertiary/aromatic N) is 5. The van der Waals surface area contributed by atoms with Crippen LogP contribution >= 0.6 is 0 Å². The molecule has 8 nitrogen and oxygen atoms in total. The third kappa shape index (κ3) is 3.27. The lowest BCUT2D eigenvalue weighted by Crippen LogP contribution is -2.21. The van der Waals surface area contributed by atoms with Gasteiger partial charge in [-0.25, -0.2) is 4.79 Å². The molecule has 140 valence electrons. The molecular formula is C20H17N5O3. The first-order chi connectivity index (χ1) is 13.7. The molecule has 2 heterocycles. The molecule has 2 aromatic heterocycles. The maximum Gasteiger partial charge on any atom is 0.378 e. The van der Waals surface area contributed by atoms with Crippen LogP contribution in [0.15, 0.2) is 65.5 Å². The first kappa shape index (κ1) is 17.6. The van der Waals surface area contributed by atoms with Gasteiger partial charge in [-0.3, -0.25) is 4.79 Å². The largest absolute Gasteiger partial charge is 0.460 e. The van der Waals surface area contributed by atoms with Gasteiger partial charge < -0.3 is 4.74 Å². The van der Waals surface area contributed by atoms with Gasteiger partial charge in [-0.2, -0.15) is 19.3 Å². The molecular weight excluding hydrogens is 358 g/mol. The Balaban J connectivity index is 1.90. The Labute approximate surface area is 160 Å². The quantitative estimate of drug-likeness (QED) is 0.496. The number of esters is 1. The predicted molar refractivity (Wildman–Crippen MR) is 102 cm³/mol. The molecule has 0 aliphatic heterocycles. The van der Waals surface area contributed by atoms with Crippen molar-refractivity contribution in [1.82, 2.24) is 24.4 Å². The average Bonchev–Trinajstić information content (AvgIpc) is 3.08. The molecule has 0 saturated heterocycles. The third-order valence-electron chi connectivity index (χ3n) is 4.12. The lowest BCUT2D eigenvalue weighted by Gasteiger charge is -2.03. The van der Waals surface area contributed by atoms with E-state index in [0.717, 1.165) is 5.56 Å². The van der Waals surface area contributed by atoms with E-state index in [4.69, 9.17) is 4.74 Å². The summed E-state index contributed by atoms with van der Waals surface area (Å²) in [7, 11) is 0. The van der Waals surface area contributed by atoms with Gasteiger partial charge in [-0.15, -0.1) is 5.10 Å². The number of benzene rings is 2. The van der Waals surface area contributed by atoms with E-state index in [1.807, 2.05) is 48.5 Å². The number of rotatable bonds is 5. The molecule has 4 aromatic rings. The summed E-state index contributed by atoms with van der Waals surface area (Å²) in [6, 6.07) is 18.6. The van der Waals surface area contributed by atoms with Crippen LogP contribution in [-0.4, -0.2) is 37.0 Å². The molecule has 0 spiro atoms. The number of carbonyl (C=O) groups excluding carboxylic acids is 1. The maximum absolute atomic E-state index is 12.6. The van der Waals surface area contributed by atoms with Crippen molar-refractivity contribution >= 4 is 11.7 Å². The highest BCUT2D eigenvalue weighted by atomic mass is 16.5. The van der Waals surface area contributed by atoms with Crippen LogP contribution in [0.4, 0.5) is 0 Å². The third-order valence-corrected chi connectivity index (χ3v) is 4.12. The second-order valence-corrected chi connectivity index (χ2v) is 6.03. The monoisotopic (exact) mass is 375 g/mol. The molecule has 0 fully saturated rings. The van der Waals surface area contributed by atoms with Crippen LogP contribution in [-0.2, 0) is 11.2 Å². The molecule has 8 heteroatoms.